The molecule has 0 radical (unpaired) electrons. The molecule has 0 saturated heterocycles. The van der Waals surface area contributed by atoms with Crippen LogP contribution in [0.2, 0.25) is 0 Å². The molecular weight excluding hydrogens is 309 g/mol. The summed E-state index contributed by atoms with van der Waals surface area (Å²) < 4.78 is -1.23. The Bertz CT molecular complexity index is 325. The zero-order valence-corrected chi connectivity index (χ0v) is 12.5. The Morgan fingerprint density at radius 1 is 1.15 bits per heavy atom. The fraction of sp³-hybridized carbons (Fsp3) is 0.400. The predicted molar refractivity (Wildman–Crippen MR) is 64.3 cm³/mol. The Labute approximate surface area is 96.1 Å². The summed E-state index contributed by atoms with van der Waals surface area (Å²) in [6, 6.07) is 10.7. The van der Waals surface area contributed by atoms with Crippen molar-refractivity contribution in [1.29, 1.82) is 0 Å². The molecule has 3 heteroatoms. The standard InChI is InChI=1S/C10H15PSe2/c1-10(2,3)11(12,13)9-7-5-4-6-8-9/h4-8H,1-3H3,(H,12,13)/p-1. The summed E-state index contributed by atoms with van der Waals surface area (Å²) in [7, 11) is 0. The van der Waals surface area contributed by atoms with Crippen LogP contribution in [-0.2, 0) is 0 Å². The van der Waals surface area contributed by atoms with Gasteiger partial charge in [0.15, 0.2) is 0 Å². The normalized spacial score (nSPS) is 16.6. The van der Waals surface area contributed by atoms with Crippen molar-refractivity contribution in [3.05, 3.63) is 30.3 Å². The predicted octanol–water partition coefficient (Wildman–Crippen LogP) is 2.29. The second-order valence-corrected chi connectivity index (χ2v) is 17.4. The van der Waals surface area contributed by atoms with E-state index < -0.39 is 4.20 Å². The van der Waals surface area contributed by atoms with E-state index in [1.807, 2.05) is 0 Å². The summed E-state index contributed by atoms with van der Waals surface area (Å²) >= 11 is 6.73. The van der Waals surface area contributed by atoms with Crippen molar-refractivity contribution in [2.24, 2.45) is 0 Å². The SMILES string of the molecule is CC(C)(C)P(=[Se])([Se-])c1ccccc1. The molecule has 0 aliphatic carbocycles. The molecule has 0 fully saturated rings. The van der Waals surface area contributed by atoms with Crippen LogP contribution < -0.4 is 5.30 Å². The first-order valence-electron chi connectivity index (χ1n) is 4.22. The van der Waals surface area contributed by atoms with E-state index in [0.29, 0.717) is 5.16 Å². The van der Waals surface area contributed by atoms with Gasteiger partial charge in [-0.3, -0.25) is 0 Å². The van der Waals surface area contributed by atoms with Gasteiger partial charge in [-0.1, -0.05) is 0 Å². The Morgan fingerprint density at radius 3 is 2.00 bits per heavy atom. The molecule has 0 heterocycles. The van der Waals surface area contributed by atoms with Crippen LogP contribution in [0.15, 0.2) is 30.3 Å². The minimum atomic E-state index is -1.23. The van der Waals surface area contributed by atoms with E-state index >= 15 is 0 Å². The fourth-order valence-electron chi connectivity index (χ4n) is 1.01. The number of rotatable bonds is 1. The van der Waals surface area contributed by atoms with E-state index in [1.165, 1.54) is 5.30 Å². The molecule has 1 unspecified atom stereocenters. The molecule has 0 aromatic heterocycles. The summed E-state index contributed by atoms with van der Waals surface area (Å²) in [5.74, 6) is 0. The summed E-state index contributed by atoms with van der Waals surface area (Å²) in [6.07, 6.45) is 0. The topological polar surface area (TPSA) is 0 Å². The molecule has 0 bridgehead atoms. The molecule has 0 aliphatic heterocycles. The van der Waals surface area contributed by atoms with Crippen LogP contribution in [0.3, 0.4) is 0 Å². The van der Waals surface area contributed by atoms with Crippen LogP contribution >= 0.6 is 4.20 Å². The second-order valence-electron chi connectivity index (χ2n) is 4.06. The number of hydrogen-bond acceptors (Lipinski definition) is 0. The van der Waals surface area contributed by atoms with Crippen molar-refractivity contribution in [3.8, 4) is 0 Å². The maximum atomic E-state index is 3.37. The van der Waals surface area contributed by atoms with Gasteiger partial charge in [0, 0.05) is 0 Å². The summed E-state index contributed by atoms with van der Waals surface area (Å²) in [5, 5.41) is 1.72. The molecule has 1 rings (SSSR count). The van der Waals surface area contributed by atoms with Gasteiger partial charge in [0.2, 0.25) is 0 Å². The van der Waals surface area contributed by atoms with Crippen molar-refractivity contribution < 1.29 is 0 Å². The van der Waals surface area contributed by atoms with E-state index in [4.69, 9.17) is 0 Å². The number of hydrogen-bond donors (Lipinski definition) is 0. The van der Waals surface area contributed by atoms with Crippen molar-refractivity contribution in [1.82, 2.24) is 0 Å². The van der Waals surface area contributed by atoms with E-state index in [0.717, 1.165) is 0 Å². The molecule has 1 aromatic carbocycles. The Hall–Kier alpha value is 0.689. The third kappa shape index (κ3) is 2.58. The monoisotopic (exact) mass is 325 g/mol. The first-order chi connectivity index (χ1) is 5.86. The van der Waals surface area contributed by atoms with Crippen molar-refractivity contribution in [3.63, 3.8) is 0 Å². The van der Waals surface area contributed by atoms with Gasteiger partial charge in [0.05, 0.1) is 0 Å². The molecule has 72 valence electrons. The molecule has 13 heavy (non-hydrogen) atoms. The fourth-order valence-corrected chi connectivity index (χ4v) is 3.88. The molecule has 0 nitrogen and oxygen atoms in total. The van der Waals surface area contributed by atoms with Gasteiger partial charge in [-0.25, -0.2) is 0 Å². The van der Waals surface area contributed by atoms with Crippen molar-refractivity contribution in [2.75, 3.05) is 0 Å². The van der Waals surface area contributed by atoms with Crippen LogP contribution in [0.4, 0.5) is 0 Å². The Balaban J connectivity index is 3.17. The molecule has 1 aromatic rings. The summed E-state index contributed by atoms with van der Waals surface area (Å²) in [4.78, 5) is 0. The van der Waals surface area contributed by atoms with Gasteiger partial charge < -0.3 is 0 Å². The van der Waals surface area contributed by atoms with E-state index in [2.05, 4.69) is 81.8 Å². The van der Waals surface area contributed by atoms with Gasteiger partial charge in [0.1, 0.15) is 0 Å². The quantitative estimate of drug-likeness (QED) is 0.550. The molecule has 0 spiro atoms. The molecular formula is C10H14PSe2-. The van der Waals surface area contributed by atoms with Gasteiger partial charge in [-0.2, -0.15) is 0 Å². The summed E-state index contributed by atoms with van der Waals surface area (Å²) in [6.45, 7) is 6.84. The van der Waals surface area contributed by atoms with Gasteiger partial charge in [-0.15, -0.1) is 0 Å². The zero-order valence-electron chi connectivity index (χ0n) is 8.15. The van der Waals surface area contributed by atoms with Crippen LogP contribution in [-0.4, -0.2) is 35.8 Å². The van der Waals surface area contributed by atoms with Gasteiger partial charge in [-0.05, 0) is 0 Å². The van der Waals surface area contributed by atoms with Gasteiger partial charge >= 0.3 is 96.4 Å². The molecule has 0 N–H and O–H groups in total. The third-order valence-electron chi connectivity index (χ3n) is 1.98. The van der Waals surface area contributed by atoms with Crippen molar-refractivity contribution >= 4 is 40.2 Å². The van der Waals surface area contributed by atoms with E-state index in [1.54, 1.807) is 0 Å². The van der Waals surface area contributed by atoms with Crippen molar-refractivity contribution in [2.45, 2.75) is 25.9 Å². The first kappa shape index (κ1) is 11.8. The van der Waals surface area contributed by atoms with E-state index in [-0.39, 0.29) is 0 Å². The average molecular weight is 323 g/mol. The summed E-state index contributed by atoms with van der Waals surface area (Å²) in [5.41, 5.74) is 0. The van der Waals surface area contributed by atoms with Gasteiger partial charge in [0.25, 0.3) is 0 Å². The number of benzene rings is 1. The first-order valence-corrected chi connectivity index (χ1v) is 10.4. The zero-order chi connectivity index (χ0) is 10.1. The molecule has 0 amide bonds. The van der Waals surface area contributed by atoms with Crippen LogP contribution in [0.1, 0.15) is 20.8 Å². The molecule has 1 atom stereocenters. The Kier molecular flexibility index (Phi) is 3.66. The minimum absolute atomic E-state index is 0.300. The van der Waals surface area contributed by atoms with Crippen LogP contribution in [0, 0.1) is 0 Å². The van der Waals surface area contributed by atoms with E-state index in [9.17, 15) is 0 Å². The van der Waals surface area contributed by atoms with Crippen LogP contribution in [0.25, 0.3) is 0 Å². The maximum absolute atomic E-state index is 3.37. The third-order valence-corrected chi connectivity index (χ3v) is 14.3. The Morgan fingerprint density at radius 2 is 1.62 bits per heavy atom. The molecule has 0 saturated carbocycles. The van der Waals surface area contributed by atoms with Crippen LogP contribution in [0.5, 0.6) is 0 Å². The average Bonchev–Trinajstić information content (AvgIpc) is 2.04. The second kappa shape index (κ2) is 4.05. The molecule has 0 aliphatic rings.